The molecule has 1 aliphatic heterocycles. The van der Waals surface area contributed by atoms with Crippen molar-refractivity contribution in [2.75, 3.05) is 13.2 Å². The second kappa shape index (κ2) is 4.74. The van der Waals surface area contributed by atoms with Crippen LogP contribution in [0, 0.1) is 10.8 Å². The third-order valence-corrected chi connectivity index (χ3v) is 3.84. The first-order valence-electron chi connectivity index (χ1n) is 6.16. The molecule has 1 saturated heterocycles. The highest BCUT2D eigenvalue weighted by molar-refractivity contribution is 5.77. The summed E-state index contributed by atoms with van der Waals surface area (Å²) < 4.78 is 10.4. The van der Waals surface area contributed by atoms with Crippen molar-refractivity contribution >= 4 is 5.97 Å². The van der Waals surface area contributed by atoms with Crippen LogP contribution >= 0.6 is 0 Å². The van der Waals surface area contributed by atoms with Crippen LogP contribution in [0.5, 0.6) is 0 Å². The first-order chi connectivity index (χ1) is 7.37. The number of esters is 1. The summed E-state index contributed by atoms with van der Waals surface area (Å²) in [6.07, 6.45) is 1.78. The molecule has 1 atom stereocenters. The van der Waals surface area contributed by atoms with Gasteiger partial charge in [0.2, 0.25) is 0 Å². The second-order valence-electron chi connectivity index (χ2n) is 5.59. The van der Waals surface area contributed by atoms with Crippen LogP contribution in [0.1, 0.15) is 47.5 Å². The zero-order chi connectivity index (χ0) is 12.4. The number of carbonyl (C=O) groups excluding carboxylic acids is 1. The van der Waals surface area contributed by atoms with Crippen molar-refractivity contribution in [2.24, 2.45) is 10.8 Å². The molecular weight excluding hydrogens is 204 g/mol. The fraction of sp³-hybridized carbons (Fsp3) is 0.923. The molecule has 0 saturated carbocycles. The Morgan fingerprint density at radius 1 is 1.31 bits per heavy atom. The number of hydrogen-bond acceptors (Lipinski definition) is 3. The summed E-state index contributed by atoms with van der Waals surface area (Å²) in [5.74, 6) is -0.0690. The van der Waals surface area contributed by atoms with E-state index in [9.17, 15) is 4.79 Å². The van der Waals surface area contributed by atoms with Crippen molar-refractivity contribution in [2.45, 2.75) is 53.6 Å². The van der Waals surface area contributed by atoms with Crippen LogP contribution in [0.4, 0.5) is 0 Å². The molecule has 1 heterocycles. The van der Waals surface area contributed by atoms with Gasteiger partial charge < -0.3 is 9.47 Å². The summed E-state index contributed by atoms with van der Waals surface area (Å²) in [5, 5.41) is 0. The number of ether oxygens (including phenoxy) is 2. The van der Waals surface area contributed by atoms with Gasteiger partial charge in [-0.3, -0.25) is 4.79 Å². The van der Waals surface area contributed by atoms with E-state index in [0.29, 0.717) is 6.61 Å². The van der Waals surface area contributed by atoms with Gasteiger partial charge in [-0.15, -0.1) is 0 Å². The molecule has 0 radical (unpaired) electrons. The Balaban J connectivity index is 2.70. The number of carbonyl (C=O) groups is 1. The quantitative estimate of drug-likeness (QED) is 0.536. The average molecular weight is 228 g/mol. The molecule has 0 aliphatic carbocycles. The van der Waals surface area contributed by atoms with Crippen molar-refractivity contribution in [3.8, 4) is 0 Å². The van der Waals surface area contributed by atoms with Crippen LogP contribution in [-0.2, 0) is 14.3 Å². The van der Waals surface area contributed by atoms with E-state index >= 15 is 0 Å². The minimum absolute atomic E-state index is 0.0690. The molecule has 3 nitrogen and oxygen atoms in total. The van der Waals surface area contributed by atoms with E-state index < -0.39 is 0 Å². The van der Waals surface area contributed by atoms with Crippen molar-refractivity contribution in [1.29, 1.82) is 0 Å². The third kappa shape index (κ3) is 2.57. The highest BCUT2D eigenvalue weighted by atomic mass is 16.6. The largest absolute Gasteiger partial charge is 0.462 e. The van der Waals surface area contributed by atoms with Gasteiger partial charge in [0.15, 0.2) is 0 Å². The Morgan fingerprint density at radius 3 is 2.12 bits per heavy atom. The Morgan fingerprint density at radius 2 is 1.81 bits per heavy atom. The monoisotopic (exact) mass is 228 g/mol. The topological polar surface area (TPSA) is 38.8 Å². The van der Waals surface area contributed by atoms with Gasteiger partial charge in [0.25, 0.3) is 0 Å². The average Bonchev–Trinajstić information content (AvgIpc) is 2.98. The van der Waals surface area contributed by atoms with Crippen LogP contribution < -0.4 is 0 Å². The summed E-state index contributed by atoms with van der Waals surface area (Å²) in [5.41, 5.74) is -0.445. The predicted molar refractivity (Wildman–Crippen MR) is 63.2 cm³/mol. The lowest BCUT2D eigenvalue weighted by Crippen LogP contribution is -2.43. The zero-order valence-electron chi connectivity index (χ0n) is 11.1. The van der Waals surface area contributed by atoms with Crippen LogP contribution in [0.2, 0.25) is 0 Å². The highest BCUT2D eigenvalue weighted by Crippen LogP contribution is 2.45. The summed E-state index contributed by atoms with van der Waals surface area (Å²) in [7, 11) is 0. The van der Waals surface area contributed by atoms with E-state index in [1.165, 1.54) is 0 Å². The lowest BCUT2D eigenvalue weighted by atomic mass is 9.63. The maximum absolute atomic E-state index is 12.2. The van der Waals surface area contributed by atoms with Crippen molar-refractivity contribution < 1.29 is 14.3 Å². The molecule has 0 amide bonds. The molecule has 1 rings (SSSR count). The van der Waals surface area contributed by atoms with E-state index in [1.807, 2.05) is 0 Å². The van der Waals surface area contributed by atoms with Crippen molar-refractivity contribution in [1.82, 2.24) is 0 Å². The highest BCUT2D eigenvalue weighted by Gasteiger charge is 2.47. The molecule has 0 aromatic carbocycles. The lowest BCUT2D eigenvalue weighted by Gasteiger charge is -2.41. The number of hydrogen-bond donors (Lipinski definition) is 0. The molecule has 0 aromatic heterocycles. The molecule has 94 valence electrons. The summed E-state index contributed by atoms with van der Waals surface area (Å²) in [6, 6.07) is 0. The molecule has 0 N–H and O–H groups in total. The number of epoxide rings is 1. The minimum Gasteiger partial charge on any atom is -0.462 e. The van der Waals surface area contributed by atoms with Gasteiger partial charge in [-0.1, -0.05) is 34.6 Å². The predicted octanol–water partition coefficient (Wildman–Crippen LogP) is 2.78. The molecule has 16 heavy (non-hydrogen) atoms. The number of rotatable bonds is 5. The van der Waals surface area contributed by atoms with Crippen LogP contribution in [0.15, 0.2) is 0 Å². The van der Waals surface area contributed by atoms with E-state index in [1.54, 1.807) is 0 Å². The van der Waals surface area contributed by atoms with Gasteiger partial charge in [-0.2, -0.15) is 0 Å². The first kappa shape index (κ1) is 13.5. The van der Waals surface area contributed by atoms with Gasteiger partial charge >= 0.3 is 5.97 Å². The van der Waals surface area contributed by atoms with Gasteiger partial charge in [-0.05, 0) is 18.3 Å². The standard InChI is InChI=1S/C13H24O3/c1-6-13(7-2,12(3,4)5)11(14)16-9-10-8-15-10/h10H,6-9H2,1-5H3. The maximum atomic E-state index is 12.2. The lowest BCUT2D eigenvalue weighted by molar-refractivity contribution is -0.164. The van der Waals surface area contributed by atoms with Gasteiger partial charge in [-0.25, -0.2) is 0 Å². The molecule has 0 aromatic rings. The fourth-order valence-electron chi connectivity index (χ4n) is 2.38. The normalized spacial score (nSPS) is 20.7. The Hall–Kier alpha value is -0.570. The van der Waals surface area contributed by atoms with Crippen LogP contribution in [0.3, 0.4) is 0 Å². The SMILES string of the molecule is CCC(CC)(C(=O)OCC1CO1)C(C)(C)C. The minimum atomic E-state index is -0.373. The van der Waals surface area contributed by atoms with E-state index in [4.69, 9.17) is 9.47 Å². The molecule has 0 bridgehead atoms. The fourth-order valence-corrected chi connectivity index (χ4v) is 2.38. The van der Waals surface area contributed by atoms with Crippen molar-refractivity contribution in [3.63, 3.8) is 0 Å². The van der Waals surface area contributed by atoms with Crippen LogP contribution in [-0.4, -0.2) is 25.3 Å². The van der Waals surface area contributed by atoms with Crippen LogP contribution in [0.25, 0.3) is 0 Å². The van der Waals surface area contributed by atoms with Gasteiger partial charge in [0, 0.05) is 0 Å². The van der Waals surface area contributed by atoms with Crippen molar-refractivity contribution in [3.05, 3.63) is 0 Å². The Bertz CT molecular complexity index is 244. The zero-order valence-corrected chi connectivity index (χ0v) is 11.1. The summed E-state index contributed by atoms with van der Waals surface area (Å²) in [6.45, 7) is 11.6. The summed E-state index contributed by atoms with van der Waals surface area (Å²) in [4.78, 5) is 12.2. The molecule has 0 spiro atoms. The first-order valence-corrected chi connectivity index (χ1v) is 6.16. The summed E-state index contributed by atoms with van der Waals surface area (Å²) >= 11 is 0. The molecular formula is C13H24O3. The van der Waals surface area contributed by atoms with E-state index in [2.05, 4.69) is 34.6 Å². The molecule has 3 heteroatoms. The smallest absolute Gasteiger partial charge is 0.312 e. The Labute approximate surface area is 98.5 Å². The van der Waals surface area contributed by atoms with E-state index in [0.717, 1.165) is 19.4 Å². The maximum Gasteiger partial charge on any atom is 0.312 e. The Kier molecular flexibility index (Phi) is 4.00. The van der Waals surface area contributed by atoms with Gasteiger partial charge in [0.05, 0.1) is 12.0 Å². The molecule has 1 aliphatic rings. The third-order valence-electron chi connectivity index (χ3n) is 3.84. The molecule has 1 fully saturated rings. The molecule has 1 unspecified atom stereocenters. The second-order valence-corrected chi connectivity index (χ2v) is 5.59. The van der Waals surface area contributed by atoms with Gasteiger partial charge in [0.1, 0.15) is 12.7 Å². The van der Waals surface area contributed by atoms with E-state index in [-0.39, 0.29) is 22.9 Å².